The Morgan fingerprint density at radius 3 is 1.56 bits per heavy atom. The standard InChI is InChI=1S/C12H19NO3S.C8H15NO2S.C6H9NO.C4H5ClO.C2H6OS.Al.B.HN/c1-10(2)12(15)16-7-9-17-8-6-13-5-3-4-11(13)14;10-5-7-12-6-4-9-3-1-2-8(9)11;1-2-7-5-3-4-6(7)8;1-3(2)4(5)6;3-1-2-4;;;/h1,3-9H2,2H3;10H,1-7H2;2H,1,3-5H2;1H2,2H3;3-4H,1-2H2;;;1H. The van der Waals surface area contributed by atoms with Crippen molar-refractivity contribution in [2.75, 3.05) is 81.3 Å². The Bertz CT molecular complexity index is 1010. The minimum atomic E-state index is -0.463. The first kappa shape index (κ1) is 55.2. The van der Waals surface area contributed by atoms with Gasteiger partial charge in [0.2, 0.25) is 23.0 Å². The number of nitrogens with one attached hydrogen (secondary N) is 1. The van der Waals surface area contributed by atoms with Crippen LogP contribution in [0.3, 0.4) is 0 Å². The van der Waals surface area contributed by atoms with E-state index in [1.54, 1.807) is 64.6 Å². The van der Waals surface area contributed by atoms with Crippen molar-refractivity contribution in [3.63, 3.8) is 0 Å². The third-order valence-electron chi connectivity index (χ3n) is 6.16. The van der Waals surface area contributed by atoms with Gasteiger partial charge in [-0.1, -0.05) is 19.7 Å². The summed E-state index contributed by atoms with van der Waals surface area (Å²) < 4.78 is 10.6. The molecule has 3 amide bonds. The van der Waals surface area contributed by atoms with E-state index in [9.17, 15) is 24.0 Å². The molecule has 3 N–H and O–H groups in total. The van der Waals surface area contributed by atoms with E-state index in [-0.39, 0.29) is 39.4 Å². The van der Waals surface area contributed by atoms with Crippen LogP contribution in [0.2, 0.25) is 0 Å². The molecule has 0 aliphatic carbocycles. The molecule has 12 nitrogen and oxygen atoms in total. The van der Waals surface area contributed by atoms with Crippen molar-refractivity contribution in [2.24, 2.45) is 0 Å². The summed E-state index contributed by atoms with van der Waals surface area (Å²) in [5.41, 5.74) is 0.814. The number of ether oxygens (including phenoxy) is 1. The van der Waals surface area contributed by atoms with Crippen LogP contribution in [-0.2, 0) is 28.7 Å². The maximum absolute atomic E-state index is 11.3. The summed E-state index contributed by atoms with van der Waals surface area (Å²) in [6.07, 6.45) is 6.71. The molecule has 0 bridgehead atoms. The molecule has 0 spiro atoms. The molecule has 3 aliphatic heterocycles. The number of thioether (sulfide) groups is 2. The van der Waals surface area contributed by atoms with E-state index in [1.165, 1.54) is 0 Å². The first-order valence-corrected chi connectivity index (χ1v) is 19.7. The fraction of sp³-hybridized carbons (Fsp3) is 0.656. The predicted molar refractivity (Wildman–Crippen MR) is 211 cm³/mol. The predicted octanol–water partition coefficient (Wildman–Crippen LogP) is 3.32. The first-order valence-electron chi connectivity index (χ1n) is 15.8. The van der Waals surface area contributed by atoms with Gasteiger partial charge in [-0.05, 0) is 50.9 Å². The number of amides is 3. The van der Waals surface area contributed by atoms with Gasteiger partial charge in [0.15, 0.2) is 0 Å². The number of esters is 1. The van der Waals surface area contributed by atoms with E-state index in [2.05, 4.69) is 32.4 Å². The first-order chi connectivity index (χ1) is 23.4. The fourth-order valence-electron chi connectivity index (χ4n) is 3.68. The Labute approximate surface area is 328 Å². The third-order valence-corrected chi connectivity index (χ3v) is 8.56. The Balaban J connectivity index is -0.000000281. The summed E-state index contributed by atoms with van der Waals surface area (Å²) in [5, 5.41) is 15.8. The zero-order valence-electron chi connectivity index (χ0n) is 29.6. The molecule has 18 heteroatoms. The van der Waals surface area contributed by atoms with Gasteiger partial charge < -0.3 is 29.6 Å². The van der Waals surface area contributed by atoms with Gasteiger partial charge in [-0.15, -0.1) is 0 Å². The monoisotopic (exact) mass is 792 g/mol. The van der Waals surface area contributed by atoms with Crippen molar-refractivity contribution in [1.82, 2.24) is 14.7 Å². The maximum atomic E-state index is 11.3. The molecule has 3 aliphatic rings. The van der Waals surface area contributed by atoms with E-state index in [0.29, 0.717) is 42.3 Å². The van der Waals surface area contributed by atoms with Gasteiger partial charge in [-0.2, -0.15) is 36.2 Å². The molecule has 3 heterocycles. The molecule has 0 saturated carbocycles. The molecule has 0 aromatic heterocycles. The van der Waals surface area contributed by atoms with Gasteiger partial charge >= 0.3 is 26.4 Å². The van der Waals surface area contributed by atoms with Crippen LogP contribution in [0.1, 0.15) is 52.4 Å². The molecule has 0 aromatic rings. The Morgan fingerprint density at radius 1 is 0.860 bits per heavy atom. The van der Waals surface area contributed by atoms with Crippen molar-refractivity contribution in [3.05, 3.63) is 37.1 Å². The van der Waals surface area contributed by atoms with Crippen LogP contribution >= 0.6 is 47.8 Å². The number of nitrogens with zero attached hydrogens (tertiary/aromatic N) is 3. The molecular weight excluding hydrogens is 738 g/mol. The van der Waals surface area contributed by atoms with Crippen molar-refractivity contribution in [2.45, 2.75) is 52.4 Å². The molecule has 0 aromatic carbocycles. The average molecular weight is 793 g/mol. The number of carbonyl (C=O) groups excluding carboxylic acids is 5. The third kappa shape index (κ3) is 32.3. The average Bonchev–Trinajstić information content (AvgIpc) is 3.83. The van der Waals surface area contributed by atoms with Gasteiger partial charge in [0.05, 0.1) is 13.2 Å². The molecular formula is C32H55AlBClN4O8S3. The zero-order chi connectivity index (χ0) is 38.0. The molecule has 0 unspecified atom stereocenters. The van der Waals surface area contributed by atoms with E-state index in [4.69, 9.17) is 30.9 Å². The number of hydrogen-bond acceptors (Lipinski definition) is 12. The van der Waals surface area contributed by atoms with E-state index < -0.39 is 5.24 Å². The number of aliphatic hydroxyl groups is 2. The summed E-state index contributed by atoms with van der Waals surface area (Å²) in [6, 6.07) is 0. The summed E-state index contributed by atoms with van der Waals surface area (Å²) in [7, 11) is 0. The number of rotatable bonds is 15. The zero-order valence-corrected chi connectivity index (χ0v) is 34.1. The SMILES string of the molecule is C=C(C)C(=O)Cl.C=C(C)C(=O)OCCSCCN1CCCC1=O.C=CN1CCCC1=O.O=C1CCCN1CCSCCO.OCCS.[B].[NH]=[Al]. The van der Waals surface area contributed by atoms with Crippen LogP contribution in [0.5, 0.6) is 0 Å². The van der Waals surface area contributed by atoms with Gasteiger partial charge in [-0.3, -0.25) is 19.2 Å². The number of thiol groups is 1. The Hall–Kier alpha value is -1.57. The van der Waals surface area contributed by atoms with Crippen molar-refractivity contribution in [1.29, 1.82) is 4.35 Å². The van der Waals surface area contributed by atoms with Gasteiger partial charge in [0, 0.05) is 100 Å². The second kappa shape index (κ2) is 38.7. The van der Waals surface area contributed by atoms with Crippen molar-refractivity contribution >= 4 is 101 Å². The van der Waals surface area contributed by atoms with Crippen LogP contribution in [-0.4, -0.2) is 160 Å². The fourth-order valence-corrected chi connectivity index (χ4v) is 5.12. The number of likely N-dealkylation sites (tertiary alicyclic amines) is 3. The molecule has 0 atom stereocenters. The van der Waals surface area contributed by atoms with Crippen LogP contribution < -0.4 is 0 Å². The number of aliphatic hydroxyl groups excluding tert-OH is 2. The molecule has 282 valence electrons. The Morgan fingerprint density at radius 2 is 1.28 bits per heavy atom. The summed E-state index contributed by atoms with van der Waals surface area (Å²) in [6.45, 7) is 18.6. The number of allylic oxidation sites excluding steroid dienone is 1. The van der Waals surface area contributed by atoms with Crippen LogP contribution in [0.25, 0.3) is 0 Å². The Kier molecular flexibility index (Phi) is 42.7. The normalized spacial score (nSPS) is 14.0. The second-order valence-electron chi connectivity index (χ2n) is 10.2. The van der Waals surface area contributed by atoms with Crippen LogP contribution in [0.15, 0.2) is 37.1 Å². The summed E-state index contributed by atoms with van der Waals surface area (Å²) in [5.74, 6) is 4.39. The van der Waals surface area contributed by atoms with E-state index in [0.717, 1.165) is 81.4 Å². The number of hydrogen-bond donors (Lipinski definition) is 4. The van der Waals surface area contributed by atoms with Crippen molar-refractivity contribution < 1.29 is 38.9 Å². The van der Waals surface area contributed by atoms with Crippen LogP contribution in [0, 0.1) is 4.35 Å². The van der Waals surface area contributed by atoms with Gasteiger partial charge in [0.1, 0.15) is 6.61 Å². The van der Waals surface area contributed by atoms with Crippen LogP contribution in [0.4, 0.5) is 0 Å². The minimum absolute atomic E-state index is 0. The molecule has 3 rings (SSSR count). The topological polar surface area (TPSA) is 169 Å². The van der Waals surface area contributed by atoms with Gasteiger partial charge in [0.25, 0.3) is 0 Å². The molecule has 50 heavy (non-hydrogen) atoms. The van der Waals surface area contributed by atoms with Crippen molar-refractivity contribution in [3.8, 4) is 0 Å². The van der Waals surface area contributed by atoms with E-state index in [1.807, 2.05) is 9.80 Å². The van der Waals surface area contributed by atoms with Gasteiger partial charge in [-0.25, -0.2) is 4.79 Å². The quantitative estimate of drug-likeness (QED) is 0.0483. The summed E-state index contributed by atoms with van der Waals surface area (Å²) in [4.78, 5) is 59.4. The number of carbonyl (C=O) groups is 5. The molecule has 4 radical (unpaired) electrons. The second-order valence-corrected chi connectivity index (χ2v) is 13.4. The summed E-state index contributed by atoms with van der Waals surface area (Å²) >= 11 is 13.6. The molecule has 3 saturated heterocycles. The number of halogens is 1. The molecule has 3 fully saturated rings. The van der Waals surface area contributed by atoms with E-state index >= 15 is 0 Å².